The number of benzene rings is 1. The summed E-state index contributed by atoms with van der Waals surface area (Å²) in [4.78, 5) is 12.7. The number of likely N-dealkylation sites (N-methyl/N-ethyl adjacent to an activating group) is 1. The van der Waals surface area contributed by atoms with Crippen LogP contribution in [-0.2, 0) is 4.74 Å². The highest BCUT2D eigenvalue weighted by molar-refractivity contribution is 5.85. The van der Waals surface area contributed by atoms with Gasteiger partial charge in [0.2, 0.25) is 0 Å². The molecule has 1 rings (SSSR count). The summed E-state index contributed by atoms with van der Waals surface area (Å²) in [6.07, 6.45) is 0.542. The van der Waals surface area contributed by atoms with E-state index in [2.05, 4.69) is 0 Å². The zero-order valence-corrected chi connectivity index (χ0v) is 9.74. The van der Waals surface area contributed by atoms with Gasteiger partial charge in [-0.05, 0) is 19.1 Å². The quantitative estimate of drug-likeness (QED) is 0.719. The van der Waals surface area contributed by atoms with Crippen LogP contribution in [0.2, 0.25) is 0 Å². The van der Waals surface area contributed by atoms with Gasteiger partial charge >= 0.3 is 0 Å². The molecule has 1 unspecified atom stereocenters. The lowest BCUT2D eigenvalue weighted by Crippen LogP contribution is -2.33. The van der Waals surface area contributed by atoms with Crippen molar-refractivity contribution >= 4 is 12.0 Å². The number of carbonyl (C=O) groups is 1. The van der Waals surface area contributed by atoms with Crippen molar-refractivity contribution in [3.63, 3.8) is 0 Å². The molecule has 1 atom stereocenters. The van der Waals surface area contributed by atoms with Crippen molar-refractivity contribution in [3.8, 4) is 0 Å². The van der Waals surface area contributed by atoms with Crippen LogP contribution in [0.25, 0.3) is 0 Å². The molecule has 0 fully saturated rings. The summed E-state index contributed by atoms with van der Waals surface area (Å²) < 4.78 is 18.4. The number of aldehydes is 1. The topological polar surface area (TPSA) is 29.5 Å². The molecule has 88 valence electrons. The Bertz CT molecular complexity index is 368. The Hall–Kier alpha value is -1.42. The van der Waals surface area contributed by atoms with Gasteiger partial charge in [-0.15, -0.1) is 0 Å². The van der Waals surface area contributed by atoms with Gasteiger partial charge in [0.15, 0.2) is 6.29 Å². The van der Waals surface area contributed by atoms with Crippen LogP contribution in [0, 0.1) is 5.82 Å². The molecule has 0 aliphatic carbocycles. The second-order valence-corrected chi connectivity index (χ2v) is 3.71. The molecular formula is C12H16FNO2. The summed E-state index contributed by atoms with van der Waals surface area (Å²) >= 11 is 0. The molecule has 16 heavy (non-hydrogen) atoms. The lowest BCUT2D eigenvalue weighted by molar-refractivity contribution is 0.112. The summed E-state index contributed by atoms with van der Waals surface area (Å²) in [7, 11) is 3.42. The van der Waals surface area contributed by atoms with Gasteiger partial charge in [-0.1, -0.05) is 6.07 Å². The van der Waals surface area contributed by atoms with Gasteiger partial charge < -0.3 is 9.64 Å². The average Bonchev–Trinajstić information content (AvgIpc) is 2.28. The molecule has 0 radical (unpaired) electrons. The van der Waals surface area contributed by atoms with Crippen molar-refractivity contribution in [2.45, 2.75) is 13.0 Å². The van der Waals surface area contributed by atoms with Crippen LogP contribution in [0.15, 0.2) is 18.2 Å². The third-order valence-electron chi connectivity index (χ3n) is 2.60. The Morgan fingerprint density at radius 2 is 2.25 bits per heavy atom. The van der Waals surface area contributed by atoms with Crippen LogP contribution in [0.1, 0.15) is 17.3 Å². The van der Waals surface area contributed by atoms with Crippen molar-refractivity contribution in [3.05, 3.63) is 29.6 Å². The molecule has 0 saturated carbocycles. The van der Waals surface area contributed by atoms with Crippen molar-refractivity contribution < 1.29 is 13.9 Å². The van der Waals surface area contributed by atoms with E-state index in [1.54, 1.807) is 19.2 Å². The highest BCUT2D eigenvalue weighted by atomic mass is 19.1. The number of rotatable bonds is 5. The summed E-state index contributed by atoms with van der Waals surface area (Å²) in [6.45, 7) is 2.47. The summed E-state index contributed by atoms with van der Waals surface area (Å²) in [5.41, 5.74) is 0.674. The number of ether oxygens (including phenoxy) is 1. The molecule has 0 aliphatic heterocycles. The van der Waals surface area contributed by atoms with Gasteiger partial charge in [0.25, 0.3) is 0 Å². The van der Waals surface area contributed by atoms with E-state index in [1.807, 2.05) is 18.9 Å². The minimum absolute atomic E-state index is 0.0745. The monoisotopic (exact) mass is 225 g/mol. The molecule has 3 nitrogen and oxygen atoms in total. The predicted octanol–water partition coefficient (Wildman–Crippen LogP) is 2.11. The molecule has 4 heteroatoms. The fourth-order valence-corrected chi connectivity index (χ4v) is 1.54. The lowest BCUT2D eigenvalue weighted by Gasteiger charge is -2.27. The molecule has 0 saturated heterocycles. The van der Waals surface area contributed by atoms with Gasteiger partial charge in [-0.25, -0.2) is 4.39 Å². The summed E-state index contributed by atoms with van der Waals surface area (Å²) in [5.74, 6) is -0.496. The number of hydrogen-bond acceptors (Lipinski definition) is 3. The van der Waals surface area contributed by atoms with Crippen LogP contribution in [0.3, 0.4) is 0 Å². The van der Waals surface area contributed by atoms with E-state index in [4.69, 9.17) is 4.74 Å². The van der Waals surface area contributed by atoms with E-state index < -0.39 is 5.82 Å². The van der Waals surface area contributed by atoms with Crippen LogP contribution in [-0.4, -0.2) is 33.1 Å². The van der Waals surface area contributed by atoms with Crippen molar-refractivity contribution in [2.75, 3.05) is 25.7 Å². The molecule has 0 aromatic heterocycles. The SMILES string of the molecule is COCC(C)N(C)c1cccc(F)c1C=O. The van der Waals surface area contributed by atoms with Crippen LogP contribution in [0.5, 0.6) is 0 Å². The number of halogens is 1. The normalized spacial score (nSPS) is 12.2. The highest BCUT2D eigenvalue weighted by Crippen LogP contribution is 2.22. The van der Waals surface area contributed by atoms with Crippen LogP contribution < -0.4 is 4.90 Å². The first-order chi connectivity index (χ1) is 7.61. The molecule has 0 spiro atoms. The molecule has 0 N–H and O–H groups in total. The molecule has 0 heterocycles. The van der Waals surface area contributed by atoms with Gasteiger partial charge in [-0.2, -0.15) is 0 Å². The van der Waals surface area contributed by atoms with E-state index in [1.165, 1.54) is 6.07 Å². The zero-order valence-electron chi connectivity index (χ0n) is 9.74. The smallest absolute Gasteiger partial charge is 0.155 e. The maximum Gasteiger partial charge on any atom is 0.155 e. The second kappa shape index (κ2) is 5.61. The Morgan fingerprint density at radius 1 is 1.56 bits per heavy atom. The number of nitrogens with zero attached hydrogens (tertiary/aromatic N) is 1. The number of hydrogen-bond donors (Lipinski definition) is 0. The Morgan fingerprint density at radius 3 is 2.81 bits per heavy atom. The van der Waals surface area contributed by atoms with Gasteiger partial charge in [0.1, 0.15) is 5.82 Å². The third-order valence-corrected chi connectivity index (χ3v) is 2.60. The first-order valence-corrected chi connectivity index (χ1v) is 5.07. The Labute approximate surface area is 94.8 Å². The van der Waals surface area contributed by atoms with E-state index in [9.17, 15) is 9.18 Å². The van der Waals surface area contributed by atoms with Gasteiger partial charge in [0, 0.05) is 20.2 Å². The molecule has 0 amide bonds. The molecule has 0 aliphatic rings. The number of carbonyl (C=O) groups excluding carboxylic acids is 1. The average molecular weight is 225 g/mol. The zero-order chi connectivity index (χ0) is 12.1. The largest absolute Gasteiger partial charge is 0.383 e. The maximum absolute atomic E-state index is 13.4. The Kier molecular flexibility index (Phi) is 4.43. The molecule has 0 bridgehead atoms. The summed E-state index contributed by atoms with van der Waals surface area (Å²) in [6, 6.07) is 4.67. The van der Waals surface area contributed by atoms with Crippen molar-refractivity contribution in [1.82, 2.24) is 0 Å². The van der Waals surface area contributed by atoms with E-state index in [0.717, 1.165) is 0 Å². The first kappa shape index (κ1) is 12.6. The second-order valence-electron chi connectivity index (χ2n) is 3.71. The fraction of sp³-hybridized carbons (Fsp3) is 0.417. The molecule has 1 aromatic rings. The minimum atomic E-state index is -0.496. The first-order valence-electron chi connectivity index (χ1n) is 5.07. The predicted molar refractivity (Wildman–Crippen MR) is 61.5 cm³/mol. The number of methoxy groups -OCH3 is 1. The van der Waals surface area contributed by atoms with Crippen LogP contribution >= 0.6 is 0 Å². The van der Waals surface area contributed by atoms with Crippen molar-refractivity contribution in [2.24, 2.45) is 0 Å². The van der Waals surface area contributed by atoms with E-state index in [0.29, 0.717) is 18.6 Å². The molecular weight excluding hydrogens is 209 g/mol. The Balaban J connectivity index is 3.03. The van der Waals surface area contributed by atoms with Crippen LogP contribution in [0.4, 0.5) is 10.1 Å². The highest BCUT2D eigenvalue weighted by Gasteiger charge is 2.15. The minimum Gasteiger partial charge on any atom is -0.383 e. The van der Waals surface area contributed by atoms with E-state index in [-0.39, 0.29) is 11.6 Å². The third kappa shape index (κ3) is 2.58. The van der Waals surface area contributed by atoms with Crippen molar-refractivity contribution in [1.29, 1.82) is 0 Å². The fourth-order valence-electron chi connectivity index (χ4n) is 1.54. The van der Waals surface area contributed by atoms with Gasteiger partial charge in [0.05, 0.1) is 17.9 Å². The standard InChI is InChI=1S/C12H16FNO2/c1-9(8-16-3)14(2)12-6-4-5-11(13)10(12)7-15/h4-7,9H,8H2,1-3H3. The van der Waals surface area contributed by atoms with E-state index >= 15 is 0 Å². The number of anilines is 1. The lowest BCUT2D eigenvalue weighted by atomic mass is 10.1. The maximum atomic E-state index is 13.4. The summed E-state index contributed by atoms with van der Waals surface area (Å²) in [5, 5.41) is 0. The molecule has 1 aromatic carbocycles. The van der Waals surface area contributed by atoms with Gasteiger partial charge in [-0.3, -0.25) is 4.79 Å².